The molecule has 0 atom stereocenters. The Hall–Kier alpha value is -3.78. The Labute approximate surface area is 188 Å². The number of methoxy groups -OCH3 is 1. The van der Waals surface area contributed by atoms with E-state index in [9.17, 15) is 13.2 Å². The normalized spacial score (nSPS) is 10.8. The summed E-state index contributed by atoms with van der Waals surface area (Å²) in [5.41, 5.74) is 0.830. The van der Waals surface area contributed by atoms with Gasteiger partial charge in [-0.1, -0.05) is 36.9 Å². The molecule has 0 saturated heterocycles. The second kappa shape index (κ2) is 10.5. The number of rotatable bonds is 10. The van der Waals surface area contributed by atoms with Crippen LogP contribution in [0, 0.1) is 0 Å². The van der Waals surface area contributed by atoms with Crippen molar-refractivity contribution in [3.05, 3.63) is 91.5 Å². The van der Waals surface area contributed by atoms with Gasteiger partial charge in [0, 0.05) is 11.8 Å². The summed E-state index contributed by atoms with van der Waals surface area (Å²) in [6.45, 7) is 3.52. The van der Waals surface area contributed by atoms with Gasteiger partial charge in [0.25, 0.3) is 10.0 Å². The molecule has 8 heteroatoms. The van der Waals surface area contributed by atoms with Crippen LogP contribution >= 0.6 is 0 Å². The van der Waals surface area contributed by atoms with E-state index < -0.39 is 22.5 Å². The maximum Gasteiger partial charge on any atom is 0.264 e. The minimum atomic E-state index is -3.99. The quantitative estimate of drug-likeness (QED) is 0.468. The van der Waals surface area contributed by atoms with Crippen LogP contribution in [0.5, 0.6) is 11.5 Å². The third kappa shape index (κ3) is 5.67. The fraction of sp³-hybridized carbons (Fsp3) is 0.125. The van der Waals surface area contributed by atoms with Crippen LogP contribution < -0.4 is 19.1 Å². The molecule has 3 rings (SSSR count). The molecule has 0 unspecified atom stereocenters. The van der Waals surface area contributed by atoms with E-state index in [0.29, 0.717) is 29.5 Å². The molecular weight excluding hydrogens is 428 g/mol. The largest absolute Gasteiger partial charge is 0.497 e. The fourth-order valence-electron chi connectivity index (χ4n) is 2.93. The van der Waals surface area contributed by atoms with E-state index in [1.165, 1.54) is 19.2 Å². The molecule has 7 nitrogen and oxygen atoms in total. The Kier molecular flexibility index (Phi) is 7.51. The number of nitrogens with one attached hydrogen (secondary N) is 1. The summed E-state index contributed by atoms with van der Waals surface area (Å²) < 4.78 is 38.4. The molecule has 0 aliphatic heterocycles. The molecule has 0 spiro atoms. The van der Waals surface area contributed by atoms with Crippen LogP contribution in [-0.2, 0) is 14.8 Å². The molecule has 1 amide bonds. The predicted molar refractivity (Wildman–Crippen MR) is 125 cm³/mol. The third-order valence-corrected chi connectivity index (χ3v) is 6.25. The first kappa shape index (κ1) is 22.9. The summed E-state index contributed by atoms with van der Waals surface area (Å²) in [5.74, 6) is 0.638. The van der Waals surface area contributed by atoms with Crippen LogP contribution in [0.2, 0.25) is 0 Å². The number of anilines is 2. The highest BCUT2D eigenvalue weighted by molar-refractivity contribution is 7.92. The Balaban J connectivity index is 1.87. The van der Waals surface area contributed by atoms with Gasteiger partial charge in [-0.25, -0.2) is 8.42 Å². The molecule has 0 aliphatic carbocycles. The van der Waals surface area contributed by atoms with Gasteiger partial charge >= 0.3 is 0 Å². The molecule has 0 saturated carbocycles. The van der Waals surface area contributed by atoms with Crippen molar-refractivity contribution in [1.82, 2.24) is 0 Å². The van der Waals surface area contributed by atoms with Gasteiger partial charge < -0.3 is 14.8 Å². The molecule has 3 aromatic carbocycles. The SMILES string of the molecule is C=CCOc1cccc(NC(=O)CN(c2ccc(OC)cc2)S(=O)(=O)c2ccccc2)c1. The maximum atomic E-state index is 13.3. The number of sulfonamides is 1. The zero-order valence-corrected chi connectivity index (χ0v) is 18.4. The Bertz CT molecular complexity index is 1160. The highest BCUT2D eigenvalue weighted by Gasteiger charge is 2.27. The number of hydrogen-bond donors (Lipinski definition) is 1. The Morgan fingerprint density at radius 2 is 1.72 bits per heavy atom. The summed E-state index contributed by atoms with van der Waals surface area (Å²) in [7, 11) is -2.46. The highest BCUT2D eigenvalue weighted by atomic mass is 32.2. The molecule has 32 heavy (non-hydrogen) atoms. The van der Waals surface area contributed by atoms with Crippen LogP contribution in [0.15, 0.2) is 96.4 Å². The third-order valence-electron chi connectivity index (χ3n) is 4.46. The van der Waals surface area contributed by atoms with Crippen molar-refractivity contribution in [2.24, 2.45) is 0 Å². The van der Waals surface area contributed by atoms with E-state index in [-0.39, 0.29) is 4.90 Å². The van der Waals surface area contributed by atoms with Gasteiger partial charge in [0.2, 0.25) is 5.91 Å². The van der Waals surface area contributed by atoms with Gasteiger partial charge in [-0.3, -0.25) is 9.10 Å². The molecule has 0 heterocycles. The van der Waals surface area contributed by atoms with Crippen molar-refractivity contribution >= 4 is 27.3 Å². The van der Waals surface area contributed by atoms with Gasteiger partial charge in [0.15, 0.2) is 0 Å². The number of nitrogens with zero attached hydrogens (tertiary/aromatic N) is 1. The minimum absolute atomic E-state index is 0.0865. The highest BCUT2D eigenvalue weighted by Crippen LogP contribution is 2.26. The molecule has 0 aliphatic rings. The number of ether oxygens (including phenoxy) is 2. The summed E-state index contributed by atoms with van der Waals surface area (Å²) >= 11 is 0. The van der Waals surface area contributed by atoms with Crippen molar-refractivity contribution in [3.63, 3.8) is 0 Å². The van der Waals surface area contributed by atoms with Gasteiger partial charge in [-0.15, -0.1) is 0 Å². The van der Waals surface area contributed by atoms with Crippen LogP contribution in [0.3, 0.4) is 0 Å². The second-order valence-corrected chi connectivity index (χ2v) is 8.56. The molecule has 0 bridgehead atoms. The minimum Gasteiger partial charge on any atom is -0.497 e. The number of hydrogen-bond acceptors (Lipinski definition) is 5. The lowest BCUT2D eigenvalue weighted by Gasteiger charge is -2.24. The summed E-state index contributed by atoms with van der Waals surface area (Å²) in [4.78, 5) is 12.9. The molecular formula is C24H24N2O5S. The summed E-state index contributed by atoms with van der Waals surface area (Å²) in [5, 5.41) is 2.73. The smallest absolute Gasteiger partial charge is 0.264 e. The lowest BCUT2D eigenvalue weighted by molar-refractivity contribution is -0.114. The van der Waals surface area contributed by atoms with E-state index in [4.69, 9.17) is 9.47 Å². The lowest BCUT2D eigenvalue weighted by Crippen LogP contribution is -2.38. The number of carbonyl (C=O) groups excluding carboxylic acids is 1. The molecule has 1 N–H and O–H groups in total. The number of carbonyl (C=O) groups is 1. The second-order valence-electron chi connectivity index (χ2n) is 6.70. The molecule has 0 fully saturated rings. The van der Waals surface area contributed by atoms with Gasteiger partial charge in [0.05, 0.1) is 17.7 Å². The first-order chi connectivity index (χ1) is 15.4. The maximum absolute atomic E-state index is 13.3. The van der Waals surface area contributed by atoms with Crippen LogP contribution in [0.1, 0.15) is 0 Å². The van der Waals surface area contributed by atoms with E-state index in [1.54, 1.807) is 72.8 Å². The summed E-state index contributed by atoms with van der Waals surface area (Å²) in [6.07, 6.45) is 1.62. The Morgan fingerprint density at radius 3 is 2.38 bits per heavy atom. The monoisotopic (exact) mass is 452 g/mol. The van der Waals surface area contributed by atoms with E-state index >= 15 is 0 Å². The Morgan fingerprint density at radius 1 is 1.00 bits per heavy atom. The van der Waals surface area contributed by atoms with E-state index in [2.05, 4.69) is 11.9 Å². The fourth-order valence-corrected chi connectivity index (χ4v) is 4.37. The predicted octanol–water partition coefficient (Wildman–Crippen LogP) is 4.09. The molecule has 166 valence electrons. The standard InChI is InChI=1S/C24H24N2O5S/c1-3-16-31-22-9-7-8-19(17-22)25-24(27)18-26(20-12-14-21(30-2)15-13-20)32(28,29)23-10-5-4-6-11-23/h3-15,17H,1,16,18H2,2H3,(H,25,27). The van der Waals surface area contributed by atoms with Crippen molar-refractivity contribution in [3.8, 4) is 11.5 Å². The van der Waals surface area contributed by atoms with E-state index in [1.807, 2.05) is 0 Å². The number of amides is 1. The average molecular weight is 453 g/mol. The van der Waals surface area contributed by atoms with Crippen LogP contribution in [-0.4, -0.2) is 34.6 Å². The molecule has 0 aromatic heterocycles. The zero-order chi connectivity index (χ0) is 23.0. The van der Waals surface area contributed by atoms with E-state index in [0.717, 1.165) is 4.31 Å². The first-order valence-corrected chi connectivity index (χ1v) is 11.2. The average Bonchev–Trinajstić information content (AvgIpc) is 2.82. The molecule has 0 radical (unpaired) electrons. The summed E-state index contributed by atoms with van der Waals surface area (Å²) in [6, 6.07) is 21.3. The van der Waals surface area contributed by atoms with Crippen molar-refractivity contribution in [2.75, 3.05) is 29.9 Å². The lowest BCUT2D eigenvalue weighted by atomic mass is 10.3. The molecule has 3 aromatic rings. The zero-order valence-electron chi connectivity index (χ0n) is 17.6. The van der Waals surface area contributed by atoms with Gasteiger partial charge in [0.1, 0.15) is 24.7 Å². The van der Waals surface area contributed by atoms with Gasteiger partial charge in [-0.05, 0) is 48.5 Å². The topological polar surface area (TPSA) is 84.9 Å². The van der Waals surface area contributed by atoms with Gasteiger partial charge in [-0.2, -0.15) is 0 Å². The van der Waals surface area contributed by atoms with Crippen LogP contribution in [0.25, 0.3) is 0 Å². The first-order valence-electron chi connectivity index (χ1n) is 9.79. The van der Waals surface area contributed by atoms with Crippen LogP contribution in [0.4, 0.5) is 11.4 Å². The number of benzene rings is 3. The van der Waals surface area contributed by atoms with Crippen molar-refractivity contribution in [2.45, 2.75) is 4.90 Å². The van der Waals surface area contributed by atoms with Crippen molar-refractivity contribution < 1.29 is 22.7 Å². The van der Waals surface area contributed by atoms with Crippen molar-refractivity contribution in [1.29, 1.82) is 0 Å².